The second kappa shape index (κ2) is 3.32. The number of nitrogens with zero attached hydrogens (tertiary/aromatic N) is 2. The molecule has 0 fully saturated rings. The molecular weight excluding hydrogens is 222 g/mol. The summed E-state index contributed by atoms with van der Waals surface area (Å²) in [5.74, 6) is 0. The zero-order chi connectivity index (χ0) is 11.1. The molecule has 0 atom stereocenters. The van der Waals surface area contributed by atoms with Gasteiger partial charge in [-0.1, -0.05) is 17.7 Å². The Balaban J connectivity index is 2.65. The van der Waals surface area contributed by atoms with Crippen molar-refractivity contribution in [2.45, 2.75) is 0 Å². The van der Waals surface area contributed by atoms with Gasteiger partial charge < -0.3 is 4.40 Å². The maximum atomic E-state index is 7.86. The monoisotopic (exact) mass is 229 g/mol. The Morgan fingerprint density at radius 3 is 2.94 bits per heavy atom. The minimum atomic E-state index is 0.253. The predicted molar refractivity (Wildman–Crippen MR) is 63.6 cm³/mol. The fourth-order valence-electron chi connectivity index (χ4n) is 1.81. The third-order valence-corrected chi connectivity index (χ3v) is 2.77. The van der Waals surface area contributed by atoms with Gasteiger partial charge in [0, 0.05) is 16.6 Å². The molecule has 3 nitrogen and oxygen atoms in total. The van der Waals surface area contributed by atoms with Crippen LogP contribution in [0.25, 0.3) is 16.6 Å². The lowest BCUT2D eigenvalue weighted by Gasteiger charge is -2.05. The highest BCUT2D eigenvalue weighted by atomic mass is 35.5. The second-order valence-electron chi connectivity index (χ2n) is 3.55. The van der Waals surface area contributed by atoms with E-state index >= 15 is 0 Å². The summed E-state index contributed by atoms with van der Waals surface area (Å²) in [5, 5.41) is 9.24. The number of hydrogen-bond donors (Lipinski definition) is 1. The van der Waals surface area contributed by atoms with Gasteiger partial charge in [0.05, 0.1) is 5.52 Å². The molecule has 0 saturated heterocycles. The molecule has 4 heteroatoms. The lowest BCUT2D eigenvalue weighted by Crippen LogP contribution is -2.10. The van der Waals surface area contributed by atoms with Crippen LogP contribution < -0.4 is 5.49 Å². The third-order valence-electron chi connectivity index (χ3n) is 2.54. The summed E-state index contributed by atoms with van der Waals surface area (Å²) in [7, 11) is 0. The first kappa shape index (κ1) is 9.36. The predicted octanol–water partition coefficient (Wildman–Crippen LogP) is 2.62. The number of halogens is 1. The van der Waals surface area contributed by atoms with Gasteiger partial charge in [-0.05, 0) is 30.3 Å². The summed E-state index contributed by atoms with van der Waals surface area (Å²) in [5.41, 5.74) is 1.96. The number of hydrogen-bond acceptors (Lipinski definition) is 2. The summed E-state index contributed by atoms with van der Waals surface area (Å²) in [6, 6.07) is 11.2. The van der Waals surface area contributed by atoms with Crippen molar-refractivity contribution in [3.8, 4) is 0 Å². The number of aromatic nitrogens is 2. The van der Waals surface area contributed by atoms with Crippen molar-refractivity contribution in [1.29, 1.82) is 5.41 Å². The van der Waals surface area contributed by atoms with Gasteiger partial charge in [-0.3, -0.25) is 5.41 Å². The van der Waals surface area contributed by atoms with Crippen LogP contribution in [0.15, 0.2) is 42.6 Å². The summed E-state index contributed by atoms with van der Waals surface area (Å²) >= 11 is 5.92. The number of rotatable bonds is 0. The van der Waals surface area contributed by atoms with E-state index < -0.39 is 0 Å². The Morgan fingerprint density at radius 1 is 1.19 bits per heavy atom. The lowest BCUT2D eigenvalue weighted by molar-refractivity contribution is 1.08. The van der Waals surface area contributed by atoms with Crippen LogP contribution in [-0.4, -0.2) is 9.38 Å². The van der Waals surface area contributed by atoms with Crippen LogP contribution in [0.2, 0.25) is 5.02 Å². The molecular formula is C12H8ClN3. The standard InChI is InChI=1S/C12H8ClN3/c13-8-4-5-10-9(7-8)12(14)15-11-3-1-2-6-16(10)11/h1-7,14H. The molecule has 3 rings (SSSR count). The average Bonchev–Trinajstić information content (AvgIpc) is 2.29. The van der Waals surface area contributed by atoms with Crippen LogP contribution >= 0.6 is 11.6 Å². The number of benzene rings is 1. The Labute approximate surface area is 96.4 Å². The molecule has 0 unspecified atom stereocenters. The van der Waals surface area contributed by atoms with Gasteiger partial charge in [0.25, 0.3) is 0 Å². The van der Waals surface area contributed by atoms with Gasteiger partial charge in [0.2, 0.25) is 0 Å². The van der Waals surface area contributed by atoms with E-state index in [-0.39, 0.29) is 5.49 Å². The molecule has 0 radical (unpaired) electrons. The van der Waals surface area contributed by atoms with Gasteiger partial charge in [-0.15, -0.1) is 0 Å². The zero-order valence-corrected chi connectivity index (χ0v) is 9.07. The molecule has 3 aromatic rings. The van der Waals surface area contributed by atoms with E-state index in [0.717, 1.165) is 16.6 Å². The minimum absolute atomic E-state index is 0.253. The van der Waals surface area contributed by atoms with Crippen LogP contribution in [-0.2, 0) is 0 Å². The van der Waals surface area contributed by atoms with E-state index in [4.69, 9.17) is 17.0 Å². The molecule has 0 aliphatic rings. The van der Waals surface area contributed by atoms with Crippen molar-refractivity contribution in [3.63, 3.8) is 0 Å². The third kappa shape index (κ3) is 1.29. The van der Waals surface area contributed by atoms with Crippen molar-refractivity contribution in [3.05, 3.63) is 53.1 Å². The largest absolute Gasteiger partial charge is 0.301 e. The van der Waals surface area contributed by atoms with E-state index in [9.17, 15) is 0 Å². The summed E-state index contributed by atoms with van der Waals surface area (Å²) < 4.78 is 1.95. The van der Waals surface area contributed by atoms with Crippen molar-refractivity contribution in [2.24, 2.45) is 0 Å². The van der Waals surface area contributed by atoms with Gasteiger partial charge in [0.15, 0.2) is 5.49 Å². The van der Waals surface area contributed by atoms with Crippen molar-refractivity contribution in [2.75, 3.05) is 0 Å². The summed E-state index contributed by atoms with van der Waals surface area (Å²) in [6.07, 6.45) is 1.93. The van der Waals surface area contributed by atoms with Crippen LogP contribution in [0.5, 0.6) is 0 Å². The molecule has 1 N–H and O–H groups in total. The molecule has 0 saturated carbocycles. The molecule has 0 spiro atoms. The zero-order valence-electron chi connectivity index (χ0n) is 8.31. The molecule has 0 bridgehead atoms. The lowest BCUT2D eigenvalue weighted by atomic mass is 10.2. The van der Waals surface area contributed by atoms with E-state index in [1.165, 1.54) is 0 Å². The fraction of sp³-hybridized carbons (Fsp3) is 0. The first-order valence-corrected chi connectivity index (χ1v) is 5.25. The van der Waals surface area contributed by atoms with E-state index in [1.54, 1.807) is 6.07 Å². The Hall–Kier alpha value is -1.87. The van der Waals surface area contributed by atoms with Gasteiger partial charge >= 0.3 is 0 Å². The van der Waals surface area contributed by atoms with Crippen LogP contribution in [0.4, 0.5) is 0 Å². The van der Waals surface area contributed by atoms with E-state index in [1.807, 2.05) is 40.9 Å². The Morgan fingerprint density at radius 2 is 2.06 bits per heavy atom. The smallest absolute Gasteiger partial charge is 0.156 e. The molecule has 16 heavy (non-hydrogen) atoms. The van der Waals surface area contributed by atoms with Gasteiger partial charge in [-0.25, -0.2) is 4.98 Å². The number of fused-ring (bicyclic) bond motifs is 3. The summed E-state index contributed by atoms with van der Waals surface area (Å²) in [4.78, 5) is 4.22. The highest BCUT2D eigenvalue weighted by molar-refractivity contribution is 6.31. The molecule has 0 aliphatic heterocycles. The number of nitrogens with one attached hydrogen (secondary N) is 1. The van der Waals surface area contributed by atoms with Crippen molar-refractivity contribution >= 4 is 28.2 Å². The SMILES string of the molecule is N=c1nc2ccccn2c2ccc(Cl)cc12. The van der Waals surface area contributed by atoms with Crippen molar-refractivity contribution < 1.29 is 0 Å². The Kier molecular flexibility index (Phi) is 1.94. The molecule has 0 aliphatic carbocycles. The summed E-state index contributed by atoms with van der Waals surface area (Å²) in [6.45, 7) is 0. The molecule has 0 amide bonds. The molecule has 1 aromatic carbocycles. The van der Waals surface area contributed by atoms with Gasteiger partial charge in [0.1, 0.15) is 5.65 Å². The number of pyridine rings is 1. The first-order chi connectivity index (χ1) is 7.75. The van der Waals surface area contributed by atoms with E-state index in [2.05, 4.69) is 4.98 Å². The quantitative estimate of drug-likeness (QED) is 0.592. The van der Waals surface area contributed by atoms with Crippen LogP contribution in [0, 0.1) is 5.41 Å². The maximum absolute atomic E-state index is 7.86. The maximum Gasteiger partial charge on any atom is 0.156 e. The Bertz CT molecular complexity index is 746. The van der Waals surface area contributed by atoms with Crippen LogP contribution in [0.3, 0.4) is 0 Å². The topological polar surface area (TPSA) is 41.2 Å². The fourth-order valence-corrected chi connectivity index (χ4v) is 1.98. The van der Waals surface area contributed by atoms with Crippen LogP contribution in [0.1, 0.15) is 0 Å². The average molecular weight is 230 g/mol. The molecule has 2 heterocycles. The molecule has 78 valence electrons. The highest BCUT2D eigenvalue weighted by Crippen LogP contribution is 2.16. The van der Waals surface area contributed by atoms with Crippen molar-refractivity contribution in [1.82, 2.24) is 9.38 Å². The highest BCUT2D eigenvalue weighted by Gasteiger charge is 2.02. The minimum Gasteiger partial charge on any atom is -0.301 e. The van der Waals surface area contributed by atoms with E-state index in [0.29, 0.717) is 5.02 Å². The van der Waals surface area contributed by atoms with Gasteiger partial charge in [-0.2, -0.15) is 0 Å². The normalized spacial score (nSPS) is 11.1. The first-order valence-electron chi connectivity index (χ1n) is 4.87. The second-order valence-corrected chi connectivity index (χ2v) is 3.99. The molecule has 2 aromatic heterocycles.